The summed E-state index contributed by atoms with van der Waals surface area (Å²) in [7, 11) is 0. The van der Waals surface area contributed by atoms with Gasteiger partial charge in [0.15, 0.2) is 11.5 Å². The fourth-order valence-corrected chi connectivity index (χ4v) is 6.35. The SMILES string of the molecule is CCC(CC)C(=O)/C=C(\O)C(CC)CC.[C-]#[N+]c1cccc(-c2cnc(-c3[c-]c(C)cc(C(C)(C)C)c3)c(-c3cc(C)cc(C(C)(C)C)c3)n2)c1C.[Ir]. The summed E-state index contributed by atoms with van der Waals surface area (Å²) in [5, 5.41) is 9.76. The molecule has 0 atom stereocenters. The van der Waals surface area contributed by atoms with Gasteiger partial charge in [-0.25, -0.2) is 4.85 Å². The molecule has 285 valence electrons. The van der Waals surface area contributed by atoms with Crippen LogP contribution in [0.4, 0.5) is 5.69 Å². The molecule has 4 aromatic rings. The van der Waals surface area contributed by atoms with E-state index in [4.69, 9.17) is 16.5 Å². The summed E-state index contributed by atoms with van der Waals surface area (Å²) in [5.41, 5.74) is 11.7. The molecule has 4 rings (SSSR count). The molecule has 0 aliphatic heterocycles. The van der Waals surface area contributed by atoms with Crippen molar-refractivity contribution in [2.75, 3.05) is 0 Å². The van der Waals surface area contributed by atoms with Crippen molar-refractivity contribution in [2.24, 2.45) is 11.8 Å². The first-order valence-electron chi connectivity index (χ1n) is 18.8. The maximum absolute atomic E-state index is 11.7. The molecule has 0 fully saturated rings. The maximum atomic E-state index is 11.7. The third-order valence-corrected chi connectivity index (χ3v) is 9.90. The van der Waals surface area contributed by atoms with Gasteiger partial charge in [0, 0.05) is 49.9 Å². The maximum Gasteiger partial charge on any atom is 0.190 e. The number of rotatable bonds is 10. The second-order valence-corrected chi connectivity index (χ2v) is 16.1. The van der Waals surface area contributed by atoms with E-state index in [0.29, 0.717) is 5.69 Å². The first-order valence-corrected chi connectivity index (χ1v) is 18.8. The largest absolute Gasteiger partial charge is 0.512 e. The number of aliphatic hydroxyl groups excluding tert-OH is 1. The molecule has 0 saturated carbocycles. The summed E-state index contributed by atoms with van der Waals surface area (Å²) in [6.07, 6.45) is 6.74. The van der Waals surface area contributed by atoms with Crippen molar-refractivity contribution in [3.63, 3.8) is 0 Å². The van der Waals surface area contributed by atoms with Gasteiger partial charge in [0.25, 0.3) is 0 Å². The number of nitrogens with zero attached hydrogens (tertiary/aromatic N) is 3. The van der Waals surface area contributed by atoms with Gasteiger partial charge < -0.3 is 10.1 Å². The Balaban J connectivity index is 0.000000516. The number of hydrogen-bond acceptors (Lipinski definition) is 4. The van der Waals surface area contributed by atoms with Crippen LogP contribution in [0.1, 0.15) is 123 Å². The molecular formula is C47H60IrN3O2-. The minimum absolute atomic E-state index is 0. The number of aromatic nitrogens is 2. The van der Waals surface area contributed by atoms with Crippen molar-refractivity contribution >= 4 is 11.5 Å². The number of aryl methyl sites for hydroxylation is 2. The normalized spacial score (nSPS) is 11.8. The molecule has 1 aromatic heterocycles. The Morgan fingerprint density at radius 2 is 1.43 bits per heavy atom. The van der Waals surface area contributed by atoms with Crippen molar-refractivity contribution in [1.29, 1.82) is 0 Å². The third-order valence-electron chi connectivity index (χ3n) is 9.90. The van der Waals surface area contributed by atoms with Crippen LogP contribution in [0, 0.1) is 45.2 Å². The van der Waals surface area contributed by atoms with Crippen LogP contribution in [-0.4, -0.2) is 20.9 Å². The number of aliphatic hydroxyl groups is 1. The van der Waals surface area contributed by atoms with E-state index in [1.807, 2.05) is 59.0 Å². The zero-order valence-electron chi connectivity index (χ0n) is 34.3. The summed E-state index contributed by atoms with van der Waals surface area (Å²) in [6, 6.07) is 20.4. The zero-order chi connectivity index (χ0) is 39.0. The zero-order valence-corrected chi connectivity index (χ0v) is 36.7. The summed E-state index contributed by atoms with van der Waals surface area (Å²) < 4.78 is 0. The van der Waals surface area contributed by atoms with Crippen LogP contribution < -0.4 is 0 Å². The second kappa shape index (κ2) is 19.4. The van der Waals surface area contributed by atoms with Crippen molar-refractivity contribution < 1.29 is 30.0 Å². The minimum Gasteiger partial charge on any atom is -0.512 e. The van der Waals surface area contributed by atoms with Gasteiger partial charge in [0.2, 0.25) is 0 Å². The number of carbonyl (C=O) groups excluding carboxylic acids is 1. The topological polar surface area (TPSA) is 67.4 Å². The van der Waals surface area contributed by atoms with E-state index in [2.05, 4.69) is 96.6 Å². The van der Waals surface area contributed by atoms with Crippen molar-refractivity contribution in [3.05, 3.63) is 112 Å². The average molecular weight is 891 g/mol. The molecule has 1 radical (unpaired) electrons. The molecule has 0 aliphatic rings. The van der Waals surface area contributed by atoms with Gasteiger partial charge in [-0.2, -0.15) is 0 Å². The third kappa shape index (κ3) is 11.8. The van der Waals surface area contributed by atoms with Crippen LogP contribution in [-0.2, 0) is 35.7 Å². The predicted molar refractivity (Wildman–Crippen MR) is 219 cm³/mol. The van der Waals surface area contributed by atoms with Gasteiger partial charge in [0.05, 0.1) is 23.7 Å². The van der Waals surface area contributed by atoms with E-state index in [-0.39, 0.29) is 54.3 Å². The molecule has 1 heterocycles. The molecule has 1 N–H and O–H groups in total. The van der Waals surface area contributed by atoms with Gasteiger partial charge in [-0.05, 0) is 78.7 Å². The molecule has 5 nitrogen and oxygen atoms in total. The molecular weight excluding hydrogens is 831 g/mol. The first-order chi connectivity index (χ1) is 24.4. The molecule has 0 aliphatic carbocycles. The van der Waals surface area contributed by atoms with E-state index in [9.17, 15) is 9.90 Å². The quantitative estimate of drug-likeness (QED) is 0.0978. The summed E-state index contributed by atoms with van der Waals surface area (Å²) in [6.45, 7) is 35.2. The average Bonchev–Trinajstić information content (AvgIpc) is 3.08. The number of benzene rings is 3. The second-order valence-electron chi connectivity index (χ2n) is 16.1. The molecule has 0 unspecified atom stereocenters. The van der Waals surface area contributed by atoms with Crippen LogP contribution in [0.5, 0.6) is 0 Å². The molecule has 6 heteroatoms. The molecule has 0 amide bonds. The van der Waals surface area contributed by atoms with Crippen molar-refractivity contribution in [1.82, 2.24) is 9.97 Å². The molecule has 0 spiro atoms. The first kappa shape index (κ1) is 45.2. The Morgan fingerprint density at radius 3 is 1.98 bits per heavy atom. The van der Waals surface area contributed by atoms with Crippen molar-refractivity contribution in [2.45, 2.75) is 127 Å². The van der Waals surface area contributed by atoms with Gasteiger partial charge >= 0.3 is 0 Å². The Hall–Kier alpha value is -3.91. The minimum atomic E-state index is 0. The van der Waals surface area contributed by atoms with E-state index in [1.54, 1.807) is 0 Å². The number of hydrogen-bond donors (Lipinski definition) is 1. The Kier molecular flexibility index (Phi) is 16.6. The number of ketones is 1. The van der Waals surface area contributed by atoms with E-state index < -0.39 is 0 Å². The van der Waals surface area contributed by atoms with Gasteiger partial charge in [0.1, 0.15) is 0 Å². The molecule has 0 bridgehead atoms. The standard InChI is InChI=1S/C34H36N3.C13H24O2.Ir/c1-21-14-24(18-26(16-21)33(4,5)6)31-32(25-15-22(2)17-27(19-25)34(7,8)9)37-30(20-36-31)28-12-11-13-29(35-10)23(28)3;1-5-10(6-2)12(14)9-13(15)11(7-3)8-4;/h11-13,15-20H,1-9H3;9-11,14H,5-8H2,1-4H3;/q-1;;/b;12-9-;. The monoisotopic (exact) mass is 891 g/mol. The van der Waals surface area contributed by atoms with Crippen LogP contribution in [0.25, 0.3) is 38.6 Å². The Morgan fingerprint density at radius 1 is 0.849 bits per heavy atom. The Labute approximate surface area is 334 Å². The fraction of sp³-hybridized carbons (Fsp3) is 0.447. The van der Waals surface area contributed by atoms with Crippen molar-refractivity contribution in [3.8, 4) is 33.8 Å². The van der Waals surface area contributed by atoms with Crippen LogP contribution in [0.3, 0.4) is 0 Å². The van der Waals surface area contributed by atoms with Gasteiger partial charge in [-0.3, -0.25) is 9.78 Å². The van der Waals surface area contributed by atoms with Gasteiger partial charge in [-0.15, -0.1) is 34.9 Å². The fourth-order valence-electron chi connectivity index (χ4n) is 6.35. The number of carbonyl (C=O) groups is 1. The molecule has 3 aromatic carbocycles. The van der Waals surface area contributed by atoms with Crippen LogP contribution in [0.2, 0.25) is 0 Å². The van der Waals surface area contributed by atoms with Gasteiger partial charge in [-0.1, -0.05) is 112 Å². The summed E-state index contributed by atoms with van der Waals surface area (Å²) in [4.78, 5) is 25.6. The van der Waals surface area contributed by atoms with E-state index in [1.165, 1.54) is 22.8 Å². The van der Waals surface area contributed by atoms with E-state index >= 15 is 0 Å². The predicted octanol–water partition coefficient (Wildman–Crippen LogP) is 13.2. The molecule has 53 heavy (non-hydrogen) atoms. The molecule has 0 saturated heterocycles. The van der Waals surface area contributed by atoms with E-state index in [0.717, 1.165) is 70.6 Å². The smallest absolute Gasteiger partial charge is 0.190 e. The summed E-state index contributed by atoms with van der Waals surface area (Å²) >= 11 is 0. The van der Waals surface area contributed by atoms with Crippen LogP contribution >= 0.6 is 0 Å². The van der Waals surface area contributed by atoms with Crippen LogP contribution in [0.15, 0.2) is 66.6 Å². The summed E-state index contributed by atoms with van der Waals surface area (Å²) in [5.74, 6) is 0.547. The number of allylic oxidation sites excluding steroid dienone is 2. The Bertz CT molecular complexity index is 1930.